The van der Waals surface area contributed by atoms with Gasteiger partial charge in [0.2, 0.25) is 5.91 Å². The Kier molecular flexibility index (Phi) is 4.55. The standard InChI is InChI=1S/C13H15N3OS2/c1-8-12(10(18-2)6-11(14)17)19-13(16-8)9-4-3-5-15-7-9/h3-5,7,10H,6H2,1-2H3,(H2,14,17). The highest BCUT2D eigenvalue weighted by atomic mass is 32.2. The third-order valence-electron chi connectivity index (χ3n) is 2.70. The maximum atomic E-state index is 11.1. The number of aryl methyl sites for hydroxylation is 1. The van der Waals surface area contributed by atoms with Crippen LogP contribution < -0.4 is 5.73 Å². The predicted molar refractivity (Wildman–Crippen MR) is 80.1 cm³/mol. The highest BCUT2D eigenvalue weighted by molar-refractivity contribution is 7.99. The van der Waals surface area contributed by atoms with Crippen molar-refractivity contribution in [2.24, 2.45) is 5.73 Å². The smallest absolute Gasteiger partial charge is 0.218 e. The fourth-order valence-electron chi connectivity index (χ4n) is 1.79. The van der Waals surface area contributed by atoms with E-state index in [-0.39, 0.29) is 11.2 Å². The zero-order valence-electron chi connectivity index (χ0n) is 10.8. The summed E-state index contributed by atoms with van der Waals surface area (Å²) in [5.74, 6) is -0.282. The number of hydrogen-bond donors (Lipinski definition) is 1. The topological polar surface area (TPSA) is 68.9 Å². The molecule has 0 fully saturated rings. The number of nitrogens with zero attached hydrogens (tertiary/aromatic N) is 2. The Labute approximate surface area is 120 Å². The van der Waals surface area contributed by atoms with E-state index in [0.717, 1.165) is 21.1 Å². The molecular formula is C13H15N3OS2. The molecule has 0 aromatic carbocycles. The van der Waals surface area contributed by atoms with Crippen LogP contribution in [0.2, 0.25) is 0 Å². The van der Waals surface area contributed by atoms with Crippen molar-refractivity contribution >= 4 is 29.0 Å². The average Bonchev–Trinajstić information content (AvgIpc) is 2.79. The van der Waals surface area contributed by atoms with E-state index in [9.17, 15) is 4.79 Å². The molecule has 1 atom stereocenters. The van der Waals surface area contributed by atoms with Gasteiger partial charge < -0.3 is 5.73 Å². The SMILES string of the molecule is CSC(CC(N)=O)c1sc(-c2cccnc2)nc1C. The second-order valence-corrected chi connectivity index (χ2v) is 6.18. The molecule has 0 saturated carbocycles. The third-order valence-corrected chi connectivity index (χ3v) is 5.15. The lowest BCUT2D eigenvalue weighted by atomic mass is 10.2. The summed E-state index contributed by atoms with van der Waals surface area (Å²) >= 11 is 3.24. The number of hydrogen-bond acceptors (Lipinski definition) is 5. The van der Waals surface area contributed by atoms with Crippen molar-refractivity contribution in [1.29, 1.82) is 0 Å². The van der Waals surface area contributed by atoms with Crippen LogP contribution in [0.5, 0.6) is 0 Å². The van der Waals surface area contributed by atoms with Gasteiger partial charge in [-0.05, 0) is 25.3 Å². The van der Waals surface area contributed by atoms with Gasteiger partial charge in [-0.2, -0.15) is 11.8 Å². The number of carbonyl (C=O) groups is 1. The van der Waals surface area contributed by atoms with Crippen molar-refractivity contribution in [3.8, 4) is 10.6 Å². The average molecular weight is 293 g/mol. The molecule has 0 aliphatic carbocycles. The lowest BCUT2D eigenvalue weighted by Gasteiger charge is -2.10. The number of pyridine rings is 1. The molecule has 2 rings (SSSR count). The number of aromatic nitrogens is 2. The number of rotatable bonds is 5. The molecule has 6 heteroatoms. The number of thiazole rings is 1. The molecule has 2 aromatic heterocycles. The summed E-state index contributed by atoms with van der Waals surface area (Å²) in [6.07, 6.45) is 5.86. The lowest BCUT2D eigenvalue weighted by Crippen LogP contribution is -2.13. The maximum absolute atomic E-state index is 11.1. The summed E-state index contributed by atoms with van der Waals surface area (Å²) in [6, 6.07) is 3.87. The van der Waals surface area contributed by atoms with Crippen LogP contribution in [-0.4, -0.2) is 22.1 Å². The molecule has 1 unspecified atom stereocenters. The van der Waals surface area contributed by atoms with Crippen molar-refractivity contribution in [1.82, 2.24) is 9.97 Å². The molecular weight excluding hydrogens is 278 g/mol. The van der Waals surface area contributed by atoms with Gasteiger partial charge in [-0.15, -0.1) is 11.3 Å². The maximum Gasteiger partial charge on any atom is 0.218 e. The van der Waals surface area contributed by atoms with E-state index in [1.165, 1.54) is 0 Å². The molecule has 1 amide bonds. The van der Waals surface area contributed by atoms with Gasteiger partial charge in [0, 0.05) is 34.5 Å². The second-order valence-electron chi connectivity index (χ2n) is 4.11. The van der Waals surface area contributed by atoms with Gasteiger partial charge in [-0.25, -0.2) is 4.98 Å². The monoisotopic (exact) mass is 293 g/mol. The molecule has 0 aliphatic rings. The zero-order valence-corrected chi connectivity index (χ0v) is 12.4. The van der Waals surface area contributed by atoms with Crippen molar-refractivity contribution in [3.05, 3.63) is 35.1 Å². The second kappa shape index (κ2) is 6.16. The van der Waals surface area contributed by atoms with E-state index in [1.807, 2.05) is 25.3 Å². The Morgan fingerprint density at radius 2 is 2.37 bits per heavy atom. The molecule has 2 N–H and O–H groups in total. The molecule has 0 radical (unpaired) electrons. The summed E-state index contributed by atoms with van der Waals surface area (Å²) in [6.45, 7) is 1.97. The Balaban J connectivity index is 2.33. The van der Waals surface area contributed by atoms with Crippen molar-refractivity contribution < 1.29 is 4.79 Å². The first kappa shape index (κ1) is 14.0. The fourth-order valence-corrected chi connectivity index (χ4v) is 3.97. The number of carbonyl (C=O) groups excluding carboxylic acids is 1. The third kappa shape index (κ3) is 3.33. The highest BCUT2D eigenvalue weighted by Gasteiger charge is 2.20. The van der Waals surface area contributed by atoms with Crippen LogP contribution in [0.4, 0.5) is 0 Å². The Hall–Kier alpha value is -1.40. The number of primary amides is 1. The Bertz CT molecular complexity index is 569. The molecule has 100 valence electrons. The van der Waals surface area contributed by atoms with E-state index >= 15 is 0 Å². The minimum atomic E-state index is -0.282. The van der Waals surface area contributed by atoms with Gasteiger partial charge in [0.1, 0.15) is 5.01 Å². The number of amides is 1. The summed E-state index contributed by atoms with van der Waals surface area (Å²) in [4.78, 5) is 20.9. The first-order chi connectivity index (χ1) is 9.11. The van der Waals surface area contributed by atoms with Crippen LogP contribution in [-0.2, 0) is 4.79 Å². The van der Waals surface area contributed by atoms with Gasteiger partial charge in [-0.1, -0.05) is 0 Å². The molecule has 4 nitrogen and oxygen atoms in total. The zero-order chi connectivity index (χ0) is 13.8. The van der Waals surface area contributed by atoms with Crippen molar-refractivity contribution in [2.45, 2.75) is 18.6 Å². The van der Waals surface area contributed by atoms with Crippen LogP contribution in [0.1, 0.15) is 22.2 Å². The van der Waals surface area contributed by atoms with E-state index in [2.05, 4.69) is 9.97 Å². The number of thioether (sulfide) groups is 1. The van der Waals surface area contributed by atoms with Crippen molar-refractivity contribution in [3.63, 3.8) is 0 Å². The van der Waals surface area contributed by atoms with Gasteiger partial charge >= 0.3 is 0 Å². The largest absolute Gasteiger partial charge is 0.370 e. The Morgan fingerprint density at radius 1 is 1.58 bits per heavy atom. The molecule has 0 saturated heterocycles. The van der Waals surface area contributed by atoms with Gasteiger partial charge in [-0.3, -0.25) is 9.78 Å². The first-order valence-electron chi connectivity index (χ1n) is 5.80. The quantitative estimate of drug-likeness (QED) is 0.920. The lowest BCUT2D eigenvalue weighted by molar-refractivity contribution is -0.118. The van der Waals surface area contributed by atoms with E-state index in [4.69, 9.17) is 5.73 Å². The van der Waals surface area contributed by atoms with Crippen LogP contribution in [0.15, 0.2) is 24.5 Å². The van der Waals surface area contributed by atoms with E-state index in [1.54, 1.807) is 35.5 Å². The summed E-state index contributed by atoms with van der Waals surface area (Å²) in [7, 11) is 0. The Morgan fingerprint density at radius 3 is 2.95 bits per heavy atom. The highest BCUT2D eigenvalue weighted by Crippen LogP contribution is 2.38. The normalized spacial score (nSPS) is 12.3. The first-order valence-corrected chi connectivity index (χ1v) is 7.91. The molecule has 0 bridgehead atoms. The summed E-state index contributed by atoms with van der Waals surface area (Å²) in [5.41, 5.74) is 7.26. The minimum absolute atomic E-state index is 0.0837. The summed E-state index contributed by atoms with van der Waals surface area (Å²) in [5, 5.41) is 1.02. The van der Waals surface area contributed by atoms with Gasteiger partial charge in [0.15, 0.2) is 0 Å². The van der Waals surface area contributed by atoms with E-state index < -0.39 is 0 Å². The van der Waals surface area contributed by atoms with Crippen molar-refractivity contribution in [2.75, 3.05) is 6.26 Å². The fraction of sp³-hybridized carbons (Fsp3) is 0.308. The summed E-state index contributed by atoms with van der Waals surface area (Å²) < 4.78 is 0. The molecule has 0 spiro atoms. The van der Waals surface area contributed by atoms with Gasteiger partial charge in [0.05, 0.1) is 5.69 Å². The number of nitrogens with two attached hydrogens (primary N) is 1. The van der Waals surface area contributed by atoms with Crippen LogP contribution >= 0.6 is 23.1 Å². The molecule has 2 heterocycles. The molecule has 19 heavy (non-hydrogen) atoms. The van der Waals surface area contributed by atoms with Crippen LogP contribution in [0.3, 0.4) is 0 Å². The minimum Gasteiger partial charge on any atom is -0.370 e. The van der Waals surface area contributed by atoms with Crippen LogP contribution in [0.25, 0.3) is 10.6 Å². The predicted octanol–water partition coefficient (Wildman–Crippen LogP) is 2.79. The van der Waals surface area contributed by atoms with Gasteiger partial charge in [0.25, 0.3) is 0 Å². The molecule has 2 aromatic rings. The molecule has 0 aliphatic heterocycles. The van der Waals surface area contributed by atoms with E-state index in [0.29, 0.717) is 6.42 Å². The van der Waals surface area contributed by atoms with Crippen LogP contribution in [0, 0.1) is 6.92 Å².